The zero-order chi connectivity index (χ0) is 17.9. The number of carbonyl (C=O) groups excluding carboxylic acids is 1. The van der Waals surface area contributed by atoms with E-state index in [0.29, 0.717) is 6.42 Å². The second-order valence-corrected chi connectivity index (χ2v) is 8.46. The Morgan fingerprint density at radius 1 is 1.08 bits per heavy atom. The molecular formula is C19H21NO4S. The smallest absolute Gasteiger partial charge is 0.221 e. The molecule has 2 aromatic carbocycles. The molecule has 1 amide bonds. The maximum atomic E-state index is 12.2. The third kappa shape index (κ3) is 3.91. The summed E-state index contributed by atoms with van der Waals surface area (Å²) in [5, 5.41) is 13.4. The number of hydrogen-bond acceptors (Lipinski definition) is 4. The second-order valence-electron chi connectivity index (χ2n) is 6.35. The summed E-state index contributed by atoms with van der Waals surface area (Å²) in [6.45, 7) is 0.0915. The molecular weight excluding hydrogens is 338 g/mol. The van der Waals surface area contributed by atoms with Gasteiger partial charge < -0.3 is 10.4 Å². The van der Waals surface area contributed by atoms with Crippen LogP contribution in [0.5, 0.6) is 0 Å². The van der Waals surface area contributed by atoms with Gasteiger partial charge in [-0.3, -0.25) is 4.79 Å². The number of benzene rings is 2. The topological polar surface area (TPSA) is 83.5 Å². The van der Waals surface area contributed by atoms with Crippen LogP contribution in [0.1, 0.15) is 24.0 Å². The fourth-order valence-electron chi connectivity index (χ4n) is 3.16. The molecule has 5 nitrogen and oxygen atoms in total. The van der Waals surface area contributed by atoms with Crippen molar-refractivity contribution in [3.8, 4) is 0 Å². The van der Waals surface area contributed by atoms with Gasteiger partial charge in [0.15, 0.2) is 9.84 Å². The predicted molar refractivity (Wildman–Crippen MR) is 94.8 cm³/mol. The number of hydrogen-bond donors (Lipinski definition) is 2. The van der Waals surface area contributed by atoms with Gasteiger partial charge in [0.25, 0.3) is 0 Å². The Morgan fingerprint density at radius 3 is 2.52 bits per heavy atom. The first-order chi connectivity index (χ1) is 11.9. The Labute approximate surface area is 147 Å². The number of aryl methyl sites for hydroxylation is 1. The van der Waals surface area contributed by atoms with E-state index in [1.165, 1.54) is 12.1 Å². The van der Waals surface area contributed by atoms with Crippen LogP contribution in [-0.4, -0.2) is 31.7 Å². The number of aliphatic hydroxyl groups is 1. The van der Waals surface area contributed by atoms with Crippen LogP contribution in [0.25, 0.3) is 0 Å². The van der Waals surface area contributed by atoms with Crippen LogP contribution in [0.15, 0.2) is 59.5 Å². The van der Waals surface area contributed by atoms with Crippen molar-refractivity contribution in [2.24, 2.45) is 0 Å². The van der Waals surface area contributed by atoms with Crippen molar-refractivity contribution in [1.82, 2.24) is 5.32 Å². The highest BCUT2D eigenvalue weighted by Gasteiger charge is 2.36. The number of rotatable bonds is 6. The van der Waals surface area contributed by atoms with Crippen molar-refractivity contribution in [2.75, 3.05) is 12.3 Å². The number of amides is 1. The lowest BCUT2D eigenvalue weighted by atomic mass is 9.96. The average molecular weight is 359 g/mol. The van der Waals surface area contributed by atoms with Gasteiger partial charge in [-0.25, -0.2) is 8.42 Å². The Hall–Kier alpha value is -2.18. The minimum Gasteiger partial charge on any atom is -0.383 e. The van der Waals surface area contributed by atoms with E-state index in [4.69, 9.17) is 0 Å². The Morgan fingerprint density at radius 2 is 1.76 bits per heavy atom. The van der Waals surface area contributed by atoms with Crippen molar-refractivity contribution in [2.45, 2.75) is 29.8 Å². The standard InChI is InChI=1S/C19H21NO4S/c21-18(11-13-25(23,24)16-7-2-1-3-8-16)20-14-19(22)12-10-15-6-4-5-9-17(15)19/h1-9,22H,10-14H2,(H,20,21)/t19-/m1/s1. The first-order valence-electron chi connectivity index (χ1n) is 8.26. The summed E-state index contributed by atoms with van der Waals surface area (Å²) in [5.41, 5.74) is 0.850. The molecule has 0 aromatic heterocycles. The molecule has 0 radical (unpaired) electrons. The van der Waals surface area contributed by atoms with E-state index < -0.39 is 15.4 Å². The van der Waals surface area contributed by atoms with E-state index in [1.807, 2.05) is 24.3 Å². The fraction of sp³-hybridized carbons (Fsp3) is 0.316. The van der Waals surface area contributed by atoms with E-state index in [-0.39, 0.29) is 29.5 Å². The normalized spacial score (nSPS) is 19.4. The molecule has 0 bridgehead atoms. The molecule has 0 fully saturated rings. The van der Waals surface area contributed by atoms with Crippen molar-refractivity contribution in [3.63, 3.8) is 0 Å². The minimum atomic E-state index is -3.48. The van der Waals surface area contributed by atoms with Crippen molar-refractivity contribution in [3.05, 3.63) is 65.7 Å². The highest BCUT2D eigenvalue weighted by Crippen LogP contribution is 2.36. The molecule has 25 heavy (non-hydrogen) atoms. The van der Waals surface area contributed by atoms with Crippen LogP contribution >= 0.6 is 0 Å². The molecule has 3 rings (SSSR count). The molecule has 1 atom stereocenters. The molecule has 1 aliphatic carbocycles. The summed E-state index contributed by atoms with van der Waals surface area (Å²) < 4.78 is 24.4. The molecule has 2 N–H and O–H groups in total. The maximum Gasteiger partial charge on any atom is 0.221 e. The summed E-state index contributed by atoms with van der Waals surface area (Å²) in [4.78, 5) is 12.3. The van der Waals surface area contributed by atoms with E-state index in [1.54, 1.807) is 18.2 Å². The number of carbonyl (C=O) groups is 1. The first-order valence-corrected chi connectivity index (χ1v) is 9.91. The van der Waals surface area contributed by atoms with Gasteiger partial charge in [0.1, 0.15) is 5.60 Å². The minimum absolute atomic E-state index is 0.0915. The molecule has 6 heteroatoms. The van der Waals surface area contributed by atoms with Gasteiger partial charge >= 0.3 is 0 Å². The van der Waals surface area contributed by atoms with Gasteiger partial charge in [-0.15, -0.1) is 0 Å². The van der Waals surface area contributed by atoms with E-state index in [0.717, 1.165) is 17.5 Å². The molecule has 0 saturated heterocycles. The molecule has 0 aliphatic heterocycles. The highest BCUT2D eigenvalue weighted by atomic mass is 32.2. The van der Waals surface area contributed by atoms with Crippen LogP contribution < -0.4 is 5.32 Å². The third-order valence-electron chi connectivity index (χ3n) is 4.60. The summed E-state index contributed by atoms with van der Waals surface area (Å²) in [6, 6.07) is 15.7. The van der Waals surface area contributed by atoms with Gasteiger partial charge in [0.2, 0.25) is 5.91 Å². The summed E-state index contributed by atoms with van der Waals surface area (Å²) in [5.74, 6) is -0.630. The van der Waals surface area contributed by atoms with Gasteiger partial charge in [-0.05, 0) is 36.1 Å². The van der Waals surface area contributed by atoms with Crippen LogP contribution in [0, 0.1) is 0 Å². The van der Waals surface area contributed by atoms with Crippen molar-refractivity contribution in [1.29, 1.82) is 0 Å². The Kier molecular flexibility index (Phi) is 4.92. The quantitative estimate of drug-likeness (QED) is 0.824. The highest BCUT2D eigenvalue weighted by molar-refractivity contribution is 7.91. The zero-order valence-electron chi connectivity index (χ0n) is 13.8. The molecule has 0 unspecified atom stereocenters. The van der Waals surface area contributed by atoms with Crippen LogP contribution in [0.2, 0.25) is 0 Å². The SMILES string of the molecule is O=C(CCS(=O)(=O)c1ccccc1)NC[C@]1(O)CCc2ccccc21. The maximum absolute atomic E-state index is 12.2. The molecule has 0 heterocycles. The largest absolute Gasteiger partial charge is 0.383 e. The molecule has 132 valence electrons. The number of nitrogens with one attached hydrogen (secondary N) is 1. The Bertz CT molecular complexity index is 864. The van der Waals surface area contributed by atoms with Gasteiger partial charge in [0, 0.05) is 6.42 Å². The number of sulfone groups is 1. The lowest BCUT2D eigenvalue weighted by molar-refractivity contribution is -0.122. The van der Waals surface area contributed by atoms with E-state index >= 15 is 0 Å². The summed E-state index contributed by atoms with van der Waals surface area (Å²) >= 11 is 0. The predicted octanol–water partition coefficient (Wildman–Crippen LogP) is 1.80. The summed E-state index contributed by atoms with van der Waals surface area (Å²) in [6.07, 6.45) is 1.19. The first kappa shape index (κ1) is 17.6. The van der Waals surface area contributed by atoms with Crippen molar-refractivity contribution >= 4 is 15.7 Å². The fourth-order valence-corrected chi connectivity index (χ4v) is 4.42. The molecule has 2 aromatic rings. The molecule has 0 saturated carbocycles. The average Bonchev–Trinajstić information content (AvgIpc) is 2.97. The molecule has 1 aliphatic rings. The van der Waals surface area contributed by atoms with Crippen LogP contribution in [0.3, 0.4) is 0 Å². The van der Waals surface area contributed by atoms with Gasteiger partial charge in [-0.2, -0.15) is 0 Å². The lowest BCUT2D eigenvalue weighted by Gasteiger charge is -2.24. The van der Waals surface area contributed by atoms with Gasteiger partial charge in [-0.1, -0.05) is 42.5 Å². The second kappa shape index (κ2) is 6.98. The van der Waals surface area contributed by atoms with E-state index in [2.05, 4.69) is 5.32 Å². The monoisotopic (exact) mass is 359 g/mol. The molecule has 0 spiro atoms. The van der Waals surface area contributed by atoms with Crippen LogP contribution in [0.4, 0.5) is 0 Å². The zero-order valence-corrected chi connectivity index (χ0v) is 14.6. The van der Waals surface area contributed by atoms with Crippen molar-refractivity contribution < 1.29 is 18.3 Å². The summed E-state index contributed by atoms with van der Waals surface area (Å²) in [7, 11) is -3.48. The third-order valence-corrected chi connectivity index (χ3v) is 6.34. The number of fused-ring (bicyclic) bond motifs is 1. The van der Waals surface area contributed by atoms with E-state index in [9.17, 15) is 18.3 Å². The Balaban J connectivity index is 1.56. The van der Waals surface area contributed by atoms with Crippen LogP contribution in [-0.2, 0) is 26.7 Å². The lowest BCUT2D eigenvalue weighted by Crippen LogP contribution is -2.39. The van der Waals surface area contributed by atoms with Gasteiger partial charge in [0.05, 0.1) is 17.2 Å².